The maximum atomic E-state index is 9.43. The molecule has 0 aliphatic heterocycles. The van der Waals surface area contributed by atoms with Crippen LogP contribution < -0.4 is 0 Å². The van der Waals surface area contributed by atoms with E-state index < -0.39 is 10.3 Å². The number of carbonyl (C=O) groups is 1. The molecule has 0 rings (SSSR count). The summed E-state index contributed by atoms with van der Waals surface area (Å²) in [5.74, 6) is 0. The van der Waals surface area contributed by atoms with Gasteiger partial charge < -0.3 is 4.90 Å². The van der Waals surface area contributed by atoms with Crippen LogP contribution in [0.5, 0.6) is 0 Å². The van der Waals surface area contributed by atoms with Crippen LogP contribution in [0.2, 0.25) is 0 Å². The first-order chi connectivity index (χ1) is 4.00. The van der Waals surface area contributed by atoms with Crippen LogP contribution in [0.4, 0.5) is 0 Å². The van der Waals surface area contributed by atoms with Gasteiger partial charge in [-0.2, -0.15) is 0 Å². The van der Waals surface area contributed by atoms with Crippen molar-refractivity contribution in [2.45, 2.75) is 0 Å². The molecule has 0 radical (unpaired) electrons. The molecule has 1 atom stereocenters. The van der Waals surface area contributed by atoms with Crippen LogP contribution in [0.25, 0.3) is 0 Å². The molecule has 64 valence electrons. The molecule has 7 heteroatoms. The largest absolute Gasteiger partial charge is 0.351 e. The third kappa shape index (κ3) is 89.7. The van der Waals surface area contributed by atoms with Gasteiger partial charge in [-0.05, 0) is 0 Å². The average Bonchev–Trinajstić information content (AvgIpc) is 1.65. The Bertz CT molecular complexity index is 95.7. The molecule has 0 fully saturated rings. The lowest BCUT2D eigenvalue weighted by Gasteiger charge is -1.93. The van der Waals surface area contributed by atoms with E-state index in [0.717, 1.165) is 6.41 Å². The zero-order chi connectivity index (χ0) is 7.86. The van der Waals surface area contributed by atoms with Crippen molar-refractivity contribution in [3.05, 3.63) is 0 Å². The predicted molar refractivity (Wildman–Crippen MR) is 43.6 cm³/mol. The minimum Gasteiger partial charge on any atom is -0.351 e. The second kappa shape index (κ2) is 11.9. The van der Waals surface area contributed by atoms with Gasteiger partial charge in [0, 0.05) is 24.8 Å². The van der Waals surface area contributed by atoms with E-state index >= 15 is 0 Å². The van der Waals surface area contributed by atoms with E-state index in [1.165, 1.54) is 4.90 Å². The van der Waals surface area contributed by atoms with E-state index in [9.17, 15) is 4.79 Å². The molecule has 1 unspecified atom stereocenters. The molecule has 0 aromatic heterocycles. The fraction of sp³-hybridized carbons (Fsp3) is 0.667. The Hall–Kier alpha value is 0.160. The Morgan fingerprint density at radius 2 is 1.70 bits per heavy atom. The van der Waals surface area contributed by atoms with E-state index in [1.807, 2.05) is 0 Å². The van der Waals surface area contributed by atoms with Crippen molar-refractivity contribution >= 4 is 39.8 Å². The highest BCUT2D eigenvalue weighted by Crippen LogP contribution is 1.72. The van der Waals surface area contributed by atoms with Gasteiger partial charge in [0.05, 0.1) is 0 Å². The number of carbonyl (C=O) groups excluding carboxylic acids is 1. The predicted octanol–water partition coefficient (Wildman–Crippen LogP) is 0.488. The molecule has 0 heterocycles. The van der Waals surface area contributed by atoms with E-state index in [2.05, 4.69) is 10.7 Å². The van der Waals surface area contributed by atoms with Crippen molar-refractivity contribution in [1.82, 2.24) is 4.90 Å². The summed E-state index contributed by atoms with van der Waals surface area (Å²) in [5, 5.41) is 0. The Labute approximate surface area is 72.7 Å². The fourth-order valence-corrected chi connectivity index (χ4v) is 0. The first-order valence-electron chi connectivity index (χ1n) is 1.89. The van der Waals surface area contributed by atoms with Gasteiger partial charge in [0.25, 0.3) is 10.3 Å². The normalized spacial score (nSPS) is 9.60. The van der Waals surface area contributed by atoms with Crippen LogP contribution in [0.1, 0.15) is 0 Å². The minimum atomic E-state index is -2.14. The molecule has 0 spiro atoms. The van der Waals surface area contributed by atoms with Crippen LogP contribution in [-0.2, 0) is 15.1 Å². The van der Waals surface area contributed by atoms with E-state index in [1.54, 1.807) is 14.1 Å². The van der Waals surface area contributed by atoms with E-state index in [4.69, 9.17) is 8.76 Å². The smallest absolute Gasteiger partial charge is 0.253 e. The van der Waals surface area contributed by atoms with Gasteiger partial charge in [-0.15, -0.1) is 12.4 Å². The number of rotatable bonds is 1. The summed E-state index contributed by atoms with van der Waals surface area (Å²) >= 11 is 0. The lowest BCUT2D eigenvalue weighted by Crippen LogP contribution is -2.06. The average molecular weight is 210 g/mol. The first-order valence-corrected chi connectivity index (χ1v) is 3.82. The quantitative estimate of drug-likeness (QED) is 0.389. The van der Waals surface area contributed by atoms with Gasteiger partial charge in [0.15, 0.2) is 0 Å². The summed E-state index contributed by atoms with van der Waals surface area (Å²) < 4.78 is 16.2. The third-order valence-electron chi connectivity index (χ3n) is 0.211. The molecule has 0 aliphatic rings. The van der Waals surface area contributed by atoms with Crippen molar-refractivity contribution in [3.63, 3.8) is 0 Å². The molecule has 1 N–H and O–H groups in total. The van der Waals surface area contributed by atoms with Crippen LogP contribution in [0.3, 0.4) is 0 Å². The van der Waals surface area contributed by atoms with E-state index in [0.29, 0.717) is 0 Å². The van der Waals surface area contributed by atoms with Crippen LogP contribution in [0.15, 0.2) is 0 Å². The molecule has 10 heavy (non-hydrogen) atoms. The fourth-order valence-electron chi connectivity index (χ4n) is 0. The second-order valence-corrected chi connectivity index (χ2v) is 2.48. The Balaban J connectivity index is -0.0000000910. The molecule has 0 bridgehead atoms. The topological polar surface area (TPSA) is 57.6 Å². The highest BCUT2D eigenvalue weighted by molar-refractivity contribution is 8.03. The number of hydrogen-bond acceptors (Lipinski definition) is 2. The molecular weight excluding hydrogens is 201 g/mol. The molecule has 1 amide bonds. The highest BCUT2D eigenvalue weighted by Gasteiger charge is 1.68. The summed E-state index contributed by atoms with van der Waals surface area (Å²) in [4.78, 5) is 10.9. The van der Waals surface area contributed by atoms with E-state index in [-0.39, 0.29) is 12.4 Å². The molecular formula is C3H9Cl2NO3S. The van der Waals surface area contributed by atoms with Crippen molar-refractivity contribution < 1.29 is 13.6 Å². The molecule has 0 aromatic rings. The first kappa shape index (κ1) is 16.6. The van der Waals surface area contributed by atoms with Crippen LogP contribution in [-0.4, -0.2) is 34.2 Å². The molecule has 0 saturated carbocycles. The maximum Gasteiger partial charge on any atom is 0.253 e. The summed E-state index contributed by atoms with van der Waals surface area (Å²) in [5.41, 5.74) is 0. The Morgan fingerprint density at radius 3 is 1.70 bits per heavy atom. The van der Waals surface area contributed by atoms with Crippen molar-refractivity contribution in [2.75, 3.05) is 14.1 Å². The maximum absolute atomic E-state index is 9.43. The van der Waals surface area contributed by atoms with Crippen molar-refractivity contribution in [2.24, 2.45) is 0 Å². The van der Waals surface area contributed by atoms with Gasteiger partial charge in [-0.3, -0.25) is 9.35 Å². The SMILES string of the molecule is CN(C)C=O.Cl.O=S(O)Cl. The third-order valence-corrected chi connectivity index (χ3v) is 0.211. The molecule has 0 aromatic carbocycles. The molecule has 4 nitrogen and oxygen atoms in total. The van der Waals surface area contributed by atoms with Gasteiger partial charge in [0.2, 0.25) is 6.41 Å². The monoisotopic (exact) mass is 209 g/mol. The van der Waals surface area contributed by atoms with Gasteiger partial charge in [-0.25, -0.2) is 4.21 Å². The van der Waals surface area contributed by atoms with Gasteiger partial charge in [0.1, 0.15) is 0 Å². The van der Waals surface area contributed by atoms with Crippen LogP contribution in [0, 0.1) is 0 Å². The molecule has 0 aliphatic carbocycles. The number of amides is 1. The lowest BCUT2D eigenvalue weighted by molar-refractivity contribution is -0.115. The zero-order valence-corrected chi connectivity index (χ0v) is 7.87. The van der Waals surface area contributed by atoms with Crippen molar-refractivity contribution in [3.8, 4) is 0 Å². The lowest BCUT2D eigenvalue weighted by atomic mass is 11.0. The van der Waals surface area contributed by atoms with Gasteiger partial charge >= 0.3 is 0 Å². The summed E-state index contributed by atoms with van der Waals surface area (Å²) in [6.45, 7) is 0. The highest BCUT2D eigenvalue weighted by atomic mass is 35.7. The van der Waals surface area contributed by atoms with Crippen LogP contribution >= 0.6 is 23.1 Å². The van der Waals surface area contributed by atoms with Gasteiger partial charge in [-0.1, -0.05) is 0 Å². The van der Waals surface area contributed by atoms with Crippen molar-refractivity contribution in [1.29, 1.82) is 0 Å². The number of nitrogens with zero attached hydrogens (tertiary/aromatic N) is 1. The summed E-state index contributed by atoms with van der Waals surface area (Å²) in [7, 11) is 5.54. The summed E-state index contributed by atoms with van der Waals surface area (Å²) in [6, 6.07) is 0. The molecule has 0 saturated heterocycles. The second-order valence-electron chi connectivity index (χ2n) is 1.28. The standard InChI is InChI=1S/C3H7NO.ClHO2S.ClH/c1-4(2)3-5;1-4(2)3;/h3H,1-2H3;(H,2,3);1H. The zero-order valence-electron chi connectivity index (χ0n) is 5.48. The Morgan fingerprint density at radius 1 is 1.60 bits per heavy atom. The number of hydrogen-bond donors (Lipinski definition) is 1. The number of halogens is 2. The summed E-state index contributed by atoms with van der Waals surface area (Å²) in [6.07, 6.45) is 0.750. The Kier molecular flexibility index (Phi) is 19.8. The minimum absolute atomic E-state index is 0.